The van der Waals surface area contributed by atoms with Gasteiger partial charge in [0.05, 0.1) is 12.2 Å². The van der Waals surface area contributed by atoms with Crippen LogP contribution < -0.4 is 0 Å². The van der Waals surface area contributed by atoms with Crippen LogP contribution in [-0.4, -0.2) is 37.4 Å². The van der Waals surface area contributed by atoms with Crippen molar-refractivity contribution in [3.63, 3.8) is 0 Å². The molecule has 2 heterocycles. The fourth-order valence-corrected chi connectivity index (χ4v) is 2.33. The monoisotopic (exact) mass is 265 g/mol. The summed E-state index contributed by atoms with van der Waals surface area (Å²) >= 11 is 1.16. The molecule has 0 fully saturated rings. The molecule has 6 nitrogen and oxygen atoms in total. The van der Waals surface area contributed by atoms with Crippen molar-refractivity contribution in [3.8, 4) is 0 Å². The highest BCUT2D eigenvalue weighted by Gasteiger charge is 2.19. The van der Waals surface area contributed by atoms with Crippen molar-refractivity contribution in [1.82, 2.24) is 24.5 Å². The minimum absolute atomic E-state index is 0.0511. The zero-order valence-electron chi connectivity index (χ0n) is 10.4. The van der Waals surface area contributed by atoms with Gasteiger partial charge < -0.3 is 9.88 Å². The molecule has 18 heavy (non-hydrogen) atoms. The quantitative estimate of drug-likeness (QED) is 0.888. The van der Waals surface area contributed by atoms with Gasteiger partial charge in [-0.15, -0.1) is 5.10 Å². The number of aryl methyl sites for hydroxylation is 1. The smallest absolute Gasteiger partial charge is 0.267 e. The van der Waals surface area contributed by atoms with E-state index in [0.29, 0.717) is 11.4 Å². The fourth-order valence-electron chi connectivity index (χ4n) is 1.63. The molecule has 2 aromatic heterocycles. The normalized spacial score (nSPS) is 10.6. The highest BCUT2D eigenvalue weighted by Crippen LogP contribution is 2.15. The molecule has 96 valence electrons. The van der Waals surface area contributed by atoms with E-state index < -0.39 is 0 Å². The predicted molar refractivity (Wildman–Crippen MR) is 68.3 cm³/mol. The Labute approximate surface area is 109 Å². The van der Waals surface area contributed by atoms with Crippen molar-refractivity contribution in [2.24, 2.45) is 0 Å². The van der Waals surface area contributed by atoms with Gasteiger partial charge >= 0.3 is 0 Å². The Morgan fingerprint density at radius 1 is 1.56 bits per heavy atom. The Morgan fingerprint density at radius 2 is 2.39 bits per heavy atom. The maximum absolute atomic E-state index is 12.2. The Morgan fingerprint density at radius 3 is 3.06 bits per heavy atom. The number of rotatable bonds is 5. The Kier molecular flexibility index (Phi) is 4.03. The van der Waals surface area contributed by atoms with Gasteiger partial charge in [-0.05, 0) is 18.0 Å². The minimum Gasteiger partial charge on any atom is -0.347 e. The number of hydrogen-bond donors (Lipinski definition) is 1. The van der Waals surface area contributed by atoms with E-state index in [1.165, 1.54) is 0 Å². The summed E-state index contributed by atoms with van der Waals surface area (Å²) in [5, 5.41) is 4.00. The second-order valence-electron chi connectivity index (χ2n) is 4.00. The van der Waals surface area contributed by atoms with E-state index in [4.69, 9.17) is 0 Å². The summed E-state index contributed by atoms with van der Waals surface area (Å²) in [6.07, 6.45) is 5.15. The SMILES string of the molecule is CCCc1nnsc1C(=O)N(C)Cc1ncc[nH]1. The molecule has 0 aliphatic carbocycles. The molecular formula is C11H15N5OS. The number of amides is 1. The summed E-state index contributed by atoms with van der Waals surface area (Å²) in [7, 11) is 1.75. The van der Waals surface area contributed by atoms with E-state index in [-0.39, 0.29) is 5.91 Å². The molecule has 1 amide bonds. The average Bonchev–Trinajstić information content (AvgIpc) is 3.00. The summed E-state index contributed by atoms with van der Waals surface area (Å²) in [5.74, 6) is 0.713. The molecule has 2 rings (SSSR count). The first-order chi connectivity index (χ1) is 8.72. The van der Waals surface area contributed by atoms with Crippen molar-refractivity contribution >= 4 is 17.4 Å². The molecule has 0 radical (unpaired) electrons. The van der Waals surface area contributed by atoms with Crippen LogP contribution in [0.2, 0.25) is 0 Å². The third-order valence-corrected chi connectivity index (χ3v) is 3.28. The molecule has 0 aromatic carbocycles. The number of H-pyrrole nitrogens is 1. The molecule has 7 heteroatoms. The van der Waals surface area contributed by atoms with Crippen LogP contribution in [0.3, 0.4) is 0 Å². The number of imidazole rings is 1. The zero-order chi connectivity index (χ0) is 13.0. The van der Waals surface area contributed by atoms with Crippen LogP contribution in [0.5, 0.6) is 0 Å². The maximum atomic E-state index is 12.2. The van der Waals surface area contributed by atoms with Gasteiger partial charge in [-0.2, -0.15) is 0 Å². The van der Waals surface area contributed by atoms with Gasteiger partial charge in [0.25, 0.3) is 5.91 Å². The maximum Gasteiger partial charge on any atom is 0.267 e. The van der Waals surface area contributed by atoms with Crippen LogP contribution in [0.4, 0.5) is 0 Å². The Bertz CT molecular complexity index is 507. The summed E-state index contributed by atoms with van der Waals surface area (Å²) in [4.78, 5) is 21.6. The van der Waals surface area contributed by atoms with Crippen LogP contribution in [0.15, 0.2) is 12.4 Å². The van der Waals surface area contributed by atoms with E-state index in [1.807, 2.05) is 0 Å². The molecule has 1 N–H and O–H groups in total. The molecular weight excluding hydrogens is 250 g/mol. The Hall–Kier alpha value is -1.76. The van der Waals surface area contributed by atoms with Gasteiger partial charge in [-0.3, -0.25) is 4.79 Å². The number of hydrogen-bond acceptors (Lipinski definition) is 5. The van der Waals surface area contributed by atoms with E-state index in [1.54, 1.807) is 24.3 Å². The van der Waals surface area contributed by atoms with E-state index in [9.17, 15) is 4.79 Å². The highest BCUT2D eigenvalue weighted by atomic mass is 32.1. The first-order valence-electron chi connectivity index (χ1n) is 5.77. The lowest BCUT2D eigenvalue weighted by Gasteiger charge is -2.14. The van der Waals surface area contributed by atoms with Crippen molar-refractivity contribution in [2.75, 3.05) is 7.05 Å². The lowest BCUT2D eigenvalue weighted by Crippen LogP contribution is -2.26. The number of nitrogens with one attached hydrogen (secondary N) is 1. The van der Waals surface area contributed by atoms with E-state index >= 15 is 0 Å². The van der Waals surface area contributed by atoms with Crippen LogP contribution in [0.1, 0.15) is 34.5 Å². The molecule has 0 spiro atoms. The van der Waals surface area contributed by atoms with Crippen molar-refractivity contribution in [3.05, 3.63) is 28.8 Å². The highest BCUT2D eigenvalue weighted by molar-refractivity contribution is 7.07. The van der Waals surface area contributed by atoms with Crippen molar-refractivity contribution < 1.29 is 4.79 Å². The number of carbonyl (C=O) groups is 1. The van der Waals surface area contributed by atoms with Gasteiger partial charge in [0.2, 0.25) is 0 Å². The van der Waals surface area contributed by atoms with E-state index in [2.05, 4.69) is 26.5 Å². The summed E-state index contributed by atoms with van der Waals surface area (Å²) in [6, 6.07) is 0. The predicted octanol–water partition coefficient (Wildman–Crippen LogP) is 1.49. The summed E-state index contributed by atoms with van der Waals surface area (Å²) in [6.45, 7) is 2.51. The van der Waals surface area contributed by atoms with Gasteiger partial charge in [0.15, 0.2) is 0 Å². The van der Waals surface area contributed by atoms with Crippen LogP contribution in [-0.2, 0) is 13.0 Å². The molecule has 0 bridgehead atoms. The lowest BCUT2D eigenvalue weighted by molar-refractivity contribution is 0.0785. The largest absolute Gasteiger partial charge is 0.347 e. The molecule has 0 aliphatic rings. The second kappa shape index (κ2) is 5.72. The minimum atomic E-state index is -0.0511. The van der Waals surface area contributed by atoms with Gasteiger partial charge in [-0.25, -0.2) is 4.98 Å². The first kappa shape index (κ1) is 12.7. The van der Waals surface area contributed by atoms with E-state index in [0.717, 1.165) is 35.9 Å². The number of nitrogens with zero attached hydrogens (tertiary/aromatic N) is 4. The average molecular weight is 265 g/mol. The third-order valence-electron chi connectivity index (χ3n) is 2.53. The van der Waals surface area contributed by atoms with Crippen LogP contribution in [0, 0.1) is 0 Å². The van der Waals surface area contributed by atoms with Crippen molar-refractivity contribution in [2.45, 2.75) is 26.3 Å². The summed E-state index contributed by atoms with van der Waals surface area (Å²) < 4.78 is 3.86. The molecule has 0 saturated carbocycles. The number of carbonyl (C=O) groups excluding carboxylic acids is 1. The Balaban J connectivity index is 2.08. The van der Waals surface area contributed by atoms with Crippen LogP contribution in [0.25, 0.3) is 0 Å². The molecule has 0 atom stereocenters. The van der Waals surface area contributed by atoms with Gasteiger partial charge in [0.1, 0.15) is 10.7 Å². The summed E-state index contributed by atoms with van der Waals surface area (Å²) in [5.41, 5.74) is 0.791. The molecule has 0 unspecified atom stereocenters. The van der Waals surface area contributed by atoms with Gasteiger partial charge in [0, 0.05) is 19.4 Å². The number of aromatic nitrogens is 4. The first-order valence-corrected chi connectivity index (χ1v) is 6.54. The molecule has 0 saturated heterocycles. The van der Waals surface area contributed by atoms with Crippen molar-refractivity contribution in [1.29, 1.82) is 0 Å². The fraction of sp³-hybridized carbons (Fsp3) is 0.455. The number of aromatic amines is 1. The lowest BCUT2D eigenvalue weighted by atomic mass is 10.2. The standard InChI is InChI=1S/C11H15N5OS/c1-3-4-8-10(18-15-14-8)11(17)16(2)7-9-12-5-6-13-9/h5-6H,3-4,7H2,1-2H3,(H,12,13). The molecule has 2 aromatic rings. The molecule has 0 aliphatic heterocycles. The zero-order valence-corrected chi connectivity index (χ0v) is 11.2. The van der Waals surface area contributed by atoms with Gasteiger partial charge in [-0.1, -0.05) is 17.8 Å². The van der Waals surface area contributed by atoms with Crippen LogP contribution >= 0.6 is 11.5 Å². The topological polar surface area (TPSA) is 74.8 Å². The third kappa shape index (κ3) is 2.73. The second-order valence-corrected chi connectivity index (χ2v) is 4.75.